The molecule has 2 N–H and O–H groups in total. The number of aryl methyl sites for hydroxylation is 1. The molecule has 1 aliphatic rings. The molecule has 0 saturated carbocycles. The van der Waals surface area contributed by atoms with Crippen molar-refractivity contribution in [1.29, 1.82) is 0 Å². The maximum Gasteiger partial charge on any atom is 0.326 e. The van der Waals surface area contributed by atoms with Gasteiger partial charge in [0.2, 0.25) is 5.91 Å². The Bertz CT molecular complexity index is 520. The largest absolute Gasteiger partial charge is 0.480 e. The number of amides is 1. The number of carboxylic acid groups (broad SMARTS) is 1. The number of hydrogen-bond donors (Lipinski definition) is 2. The molecule has 0 spiro atoms. The lowest BCUT2D eigenvalue weighted by molar-refractivity contribution is -0.148. The second kappa shape index (κ2) is 6.37. The van der Waals surface area contributed by atoms with E-state index in [2.05, 4.69) is 15.9 Å². The minimum atomic E-state index is -1.06. The van der Waals surface area contributed by atoms with Gasteiger partial charge in [-0.1, -0.05) is 28.1 Å². The van der Waals surface area contributed by atoms with Gasteiger partial charge in [0, 0.05) is 23.9 Å². The number of halogens is 1. The SMILES string of the molecule is O=C(O)C1CC(O)CN1C(=O)CCc1cccc(Br)c1. The third-order valence-corrected chi connectivity index (χ3v) is 3.89. The molecular weight excluding hydrogens is 326 g/mol. The highest BCUT2D eigenvalue weighted by Gasteiger charge is 2.38. The number of carbonyl (C=O) groups excluding carboxylic acids is 1. The first-order valence-corrected chi connectivity index (χ1v) is 7.21. The lowest BCUT2D eigenvalue weighted by atomic mass is 10.1. The van der Waals surface area contributed by atoms with Crippen molar-refractivity contribution in [3.63, 3.8) is 0 Å². The average molecular weight is 342 g/mol. The third-order valence-electron chi connectivity index (χ3n) is 3.40. The Kier molecular flexibility index (Phi) is 4.77. The van der Waals surface area contributed by atoms with E-state index in [9.17, 15) is 14.7 Å². The smallest absolute Gasteiger partial charge is 0.326 e. The minimum absolute atomic E-state index is 0.105. The van der Waals surface area contributed by atoms with E-state index >= 15 is 0 Å². The Hall–Kier alpha value is -1.40. The number of rotatable bonds is 4. The van der Waals surface area contributed by atoms with Crippen molar-refractivity contribution < 1.29 is 19.8 Å². The van der Waals surface area contributed by atoms with Crippen molar-refractivity contribution in [2.45, 2.75) is 31.4 Å². The van der Waals surface area contributed by atoms with Crippen LogP contribution in [0.3, 0.4) is 0 Å². The summed E-state index contributed by atoms with van der Waals surface area (Å²) in [5.41, 5.74) is 1.01. The number of carboxylic acids is 1. The second-order valence-electron chi connectivity index (χ2n) is 4.92. The number of aliphatic hydroxyl groups is 1. The highest BCUT2D eigenvalue weighted by Crippen LogP contribution is 2.20. The molecule has 0 bridgehead atoms. The number of β-amino-alcohol motifs (C(OH)–C–C–N with tert-alkyl or cyclic N) is 1. The average Bonchev–Trinajstić information content (AvgIpc) is 2.78. The van der Waals surface area contributed by atoms with Crippen molar-refractivity contribution in [2.75, 3.05) is 6.54 Å². The quantitative estimate of drug-likeness (QED) is 0.868. The Labute approximate surface area is 125 Å². The lowest BCUT2D eigenvalue weighted by Crippen LogP contribution is -2.40. The van der Waals surface area contributed by atoms with E-state index in [4.69, 9.17) is 5.11 Å². The zero-order valence-corrected chi connectivity index (χ0v) is 12.4. The number of benzene rings is 1. The van der Waals surface area contributed by atoms with E-state index < -0.39 is 18.1 Å². The molecule has 0 aliphatic carbocycles. The zero-order valence-electron chi connectivity index (χ0n) is 10.8. The molecule has 5 nitrogen and oxygen atoms in total. The summed E-state index contributed by atoms with van der Waals surface area (Å²) in [6.07, 6.45) is 0.160. The minimum Gasteiger partial charge on any atom is -0.480 e. The van der Waals surface area contributed by atoms with Crippen molar-refractivity contribution >= 4 is 27.8 Å². The van der Waals surface area contributed by atoms with Crippen molar-refractivity contribution in [1.82, 2.24) is 4.90 Å². The molecule has 1 aromatic carbocycles. The second-order valence-corrected chi connectivity index (χ2v) is 5.84. The normalized spacial score (nSPS) is 22.0. The summed E-state index contributed by atoms with van der Waals surface area (Å²) >= 11 is 3.37. The summed E-state index contributed by atoms with van der Waals surface area (Å²) in [6, 6.07) is 6.75. The van der Waals surface area contributed by atoms with Gasteiger partial charge in [-0.2, -0.15) is 0 Å². The van der Waals surface area contributed by atoms with Crippen molar-refractivity contribution in [3.8, 4) is 0 Å². The number of carbonyl (C=O) groups is 2. The van der Waals surface area contributed by atoms with E-state index in [0.29, 0.717) is 6.42 Å². The molecule has 0 aromatic heterocycles. The van der Waals surface area contributed by atoms with Gasteiger partial charge in [0.25, 0.3) is 0 Å². The number of likely N-dealkylation sites (tertiary alicyclic amines) is 1. The van der Waals surface area contributed by atoms with Crippen LogP contribution >= 0.6 is 15.9 Å². The van der Waals surface area contributed by atoms with Crippen molar-refractivity contribution in [2.24, 2.45) is 0 Å². The van der Waals surface area contributed by atoms with Gasteiger partial charge in [0.1, 0.15) is 6.04 Å². The molecule has 0 radical (unpaired) electrons. The van der Waals surface area contributed by atoms with Crippen LogP contribution in [0.25, 0.3) is 0 Å². The van der Waals surface area contributed by atoms with E-state index in [1.165, 1.54) is 4.90 Å². The van der Waals surface area contributed by atoms with E-state index in [1.807, 2.05) is 24.3 Å². The summed E-state index contributed by atoms with van der Waals surface area (Å²) in [4.78, 5) is 24.4. The van der Waals surface area contributed by atoms with Crippen LogP contribution in [-0.4, -0.2) is 45.7 Å². The Balaban J connectivity index is 1.96. The molecule has 1 fully saturated rings. The number of aliphatic hydroxyl groups excluding tert-OH is 1. The van der Waals surface area contributed by atoms with Gasteiger partial charge >= 0.3 is 5.97 Å². The zero-order chi connectivity index (χ0) is 14.7. The number of hydrogen-bond acceptors (Lipinski definition) is 3. The van der Waals surface area contributed by atoms with Crippen LogP contribution in [0.1, 0.15) is 18.4 Å². The first-order valence-electron chi connectivity index (χ1n) is 6.42. The van der Waals surface area contributed by atoms with Gasteiger partial charge in [-0.25, -0.2) is 4.79 Å². The molecule has 1 aromatic rings. The summed E-state index contributed by atoms with van der Waals surface area (Å²) in [6.45, 7) is 0.105. The Morgan fingerprint density at radius 1 is 1.40 bits per heavy atom. The molecule has 108 valence electrons. The van der Waals surface area contributed by atoms with Crippen LogP contribution in [0, 0.1) is 0 Å². The highest BCUT2D eigenvalue weighted by molar-refractivity contribution is 9.10. The van der Waals surface area contributed by atoms with Gasteiger partial charge < -0.3 is 15.1 Å². The number of aliphatic carboxylic acids is 1. The maximum absolute atomic E-state index is 12.1. The fourth-order valence-electron chi connectivity index (χ4n) is 2.41. The highest BCUT2D eigenvalue weighted by atomic mass is 79.9. The maximum atomic E-state index is 12.1. The molecular formula is C14H16BrNO4. The van der Waals surface area contributed by atoms with E-state index in [1.54, 1.807) is 0 Å². The van der Waals surface area contributed by atoms with Crippen LogP contribution in [0.15, 0.2) is 28.7 Å². The Morgan fingerprint density at radius 3 is 2.80 bits per heavy atom. The molecule has 2 unspecified atom stereocenters. The summed E-state index contributed by atoms with van der Waals surface area (Å²) < 4.78 is 0.947. The monoisotopic (exact) mass is 341 g/mol. The first-order chi connectivity index (χ1) is 9.47. The molecule has 1 aliphatic heterocycles. The van der Waals surface area contributed by atoms with Crippen LogP contribution in [0.5, 0.6) is 0 Å². The molecule has 1 amide bonds. The summed E-state index contributed by atoms with van der Waals surface area (Å²) in [5, 5.41) is 18.6. The van der Waals surface area contributed by atoms with Gasteiger partial charge in [-0.3, -0.25) is 4.79 Å². The molecule has 20 heavy (non-hydrogen) atoms. The van der Waals surface area contributed by atoms with Crippen LogP contribution in [0.2, 0.25) is 0 Å². The predicted molar refractivity (Wildman–Crippen MR) is 76.2 cm³/mol. The lowest BCUT2D eigenvalue weighted by Gasteiger charge is -2.21. The molecule has 2 rings (SSSR count). The first kappa shape index (κ1) is 15.0. The van der Waals surface area contributed by atoms with Gasteiger partial charge in [-0.15, -0.1) is 0 Å². The topological polar surface area (TPSA) is 77.8 Å². The summed E-state index contributed by atoms with van der Waals surface area (Å²) in [7, 11) is 0. The molecule has 1 heterocycles. The van der Waals surface area contributed by atoms with Crippen LogP contribution < -0.4 is 0 Å². The molecule has 1 saturated heterocycles. The fourth-order valence-corrected chi connectivity index (χ4v) is 2.86. The van der Waals surface area contributed by atoms with Crippen molar-refractivity contribution in [3.05, 3.63) is 34.3 Å². The fraction of sp³-hybridized carbons (Fsp3) is 0.429. The predicted octanol–water partition coefficient (Wildman–Crippen LogP) is 1.43. The third kappa shape index (κ3) is 3.58. The standard InChI is InChI=1S/C14H16BrNO4/c15-10-3-1-2-9(6-10)4-5-13(18)16-8-11(17)7-12(16)14(19)20/h1-3,6,11-12,17H,4-5,7-8H2,(H,19,20). The van der Waals surface area contributed by atoms with Crippen LogP contribution in [0.4, 0.5) is 0 Å². The van der Waals surface area contributed by atoms with E-state index in [0.717, 1.165) is 10.0 Å². The van der Waals surface area contributed by atoms with Gasteiger partial charge in [-0.05, 0) is 24.1 Å². The number of nitrogens with zero attached hydrogens (tertiary/aromatic N) is 1. The molecule has 2 atom stereocenters. The van der Waals surface area contributed by atoms with Gasteiger partial charge in [0.05, 0.1) is 6.10 Å². The summed E-state index contributed by atoms with van der Waals surface area (Å²) in [5.74, 6) is -1.29. The molecule has 6 heteroatoms. The van der Waals surface area contributed by atoms with E-state index in [-0.39, 0.29) is 25.3 Å². The van der Waals surface area contributed by atoms with Gasteiger partial charge in [0.15, 0.2) is 0 Å². The Morgan fingerprint density at radius 2 is 2.15 bits per heavy atom. The van der Waals surface area contributed by atoms with Crippen LogP contribution in [-0.2, 0) is 16.0 Å².